The fourth-order valence-electron chi connectivity index (χ4n) is 4.13. The van der Waals surface area contributed by atoms with Crippen molar-refractivity contribution in [1.29, 1.82) is 0 Å². The Kier molecular flexibility index (Phi) is 5.28. The highest BCUT2D eigenvalue weighted by molar-refractivity contribution is 5.95. The first kappa shape index (κ1) is 18.5. The third-order valence-electron chi connectivity index (χ3n) is 5.69. The van der Waals surface area contributed by atoms with E-state index in [2.05, 4.69) is 4.98 Å². The highest BCUT2D eigenvalue weighted by atomic mass is 16.2. The topological polar surface area (TPSA) is 79.5 Å². The lowest BCUT2D eigenvalue weighted by Crippen LogP contribution is -2.46. The van der Waals surface area contributed by atoms with Crippen LogP contribution in [0.15, 0.2) is 42.6 Å². The van der Waals surface area contributed by atoms with Crippen LogP contribution in [0.25, 0.3) is 11.3 Å². The quantitative estimate of drug-likeness (QED) is 0.891. The lowest BCUT2D eigenvalue weighted by Gasteiger charge is -2.34. The second-order valence-corrected chi connectivity index (χ2v) is 7.67. The first-order valence-corrected chi connectivity index (χ1v) is 10.0. The summed E-state index contributed by atoms with van der Waals surface area (Å²) in [6.07, 6.45) is 5.61. The average Bonchev–Trinajstić information content (AvgIpc) is 3.28. The van der Waals surface area contributed by atoms with Crippen molar-refractivity contribution in [2.45, 2.75) is 25.7 Å². The zero-order chi connectivity index (χ0) is 19.5. The molecule has 2 aliphatic rings. The maximum atomic E-state index is 13.0. The summed E-state index contributed by atoms with van der Waals surface area (Å²) in [6.45, 7) is 2.96. The van der Waals surface area contributed by atoms with Crippen molar-refractivity contribution >= 4 is 17.5 Å². The van der Waals surface area contributed by atoms with Gasteiger partial charge in [0.05, 0.1) is 11.6 Å². The molecule has 2 fully saturated rings. The van der Waals surface area contributed by atoms with Gasteiger partial charge in [0.2, 0.25) is 5.91 Å². The van der Waals surface area contributed by atoms with Crippen molar-refractivity contribution in [3.63, 3.8) is 0 Å². The maximum Gasteiger partial charge on any atom is 0.253 e. The summed E-state index contributed by atoms with van der Waals surface area (Å²) in [7, 11) is 0. The molecule has 146 valence electrons. The van der Waals surface area contributed by atoms with E-state index in [-0.39, 0.29) is 17.7 Å². The Morgan fingerprint density at radius 2 is 1.68 bits per heavy atom. The van der Waals surface area contributed by atoms with Gasteiger partial charge in [-0.15, -0.1) is 0 Å². The number of aromatic nitrogens is 1. The minimum Gasteiger partial charge on any atom is -0.399 e. The number of nitrogen functional groups attached to an aromatic ring is 1. The van der Waals surface area contributed by atoms with E-state index < -0.39 is 0 Å². The average molecular weight is 378 g/mol. The normalized spacial score (nSPS) is 19.6. The van der Waals surface area contributed by atoms with Crippen LogP contribution in [-0.4, -0.2) is 52.8 Å². The summed E-state index contributed by atoms with van der Waals surface area (Å²) < 4.78 is 0. The summed E-state index contributed by atoms with van der Waals surface area (Å²) in [4.78, 5) is 33.8. The van der Waals surface area contributed by atoms with Crippen LogP contribution in [-0.2, 0) is 4.79 Å². The molecule has 0 bridgehead atoms. The number of amides is 2. The zero-order valence-electron chi connectivity index (χ0n) is 16.0. The number of benzene rings is 1. The Balaban J connectivity index is 1.44. The van der Waals surface area contributed by atoms with Gasteiger partial charge in [0.25, 0.3) is 5.91 Å². The number of carbonyl (C=O) groups excluding carboxylic acids is 2. The molecule has 2 amide bonds. The Bertz CT molecular complexity index is 859. The molecular weight excluding hydrogens is 352 g/mol. The van der Waals surface area contributed by atoms with Crippen molar-refractivity contribution in [3.05, 3.63) is 48.2 Å². The van der Waals surface area contributed by atoms with E-state index in [0.29, 0.717) is 24.3 Å². The molecule has 0 unspecified atom stereocenters. The Hall–Kier alpha value is -2.89. The smallest absolute Gasteiger partial charge is 0.253 e. The summed E-state index contributed by atoms with van der Waals surface area (Å²) >= 11 is 0. The molecular formula is C22H26N4O2. The number of hydrogen-bond donors (Lipinski definition) is 1. The van der Waals surface area contributed by atoms with Gasteiger partial charge in [-0.25, -0.2) is 0 Å². The largest absolute Gasteiger partial charge is 0.399 e. The van der Waals surface area contributed by atoms with Crippen molar-refractivity contribution in [2.24, 2.45) is 5.92 Å². The number of pyridine rings is 1. The molecule has 6 heteroatoms. The molecule has 2 aliphatic heterocycles. The van der Waals surface area contributed by atoms with Crippen LogP contribution in [0.2, 0.25) is 0 Å². The summed E-state index contributed by atoms with van der Waals surface area (Å²) in [6, 6.07) is 11.0. The fraction of sp³-hybridized carbons (Fsp3) is 0.409. The molecule has 0 aliphatic carbocycles. The molecule has 1 atom stereocenters. The maximum absolute atomic E-state index is 13.0. The van der Waals surface area contributed by atoms with Crippen LogP contribution < -0.4 is 5.73 Å². The van der Waals surface area contributed by atoms with E-state index in [1.54, 1.807) is 12.3 Å². The van der Waals surface area contributed by atoms with Crippen molar-refractivity contribution in [3.8, 4) is 11.3 Å². The third kappa shape index (κ3) is 3.86. The highest BCUT2D eigenvalue weighted by Crippen LogP contribution is 2.24. The van der Waals surface area contributed by atoms with Crippen LogP contribution in [0.4, 0.5) is 5.69 Å². The number of carbonyl (C=O) groups is 2. The molecule has 3 heterocycles. The molecule has 0 saturated carbocycles. The van der Waals surface area contributed by atoms with Crippen molar-refractivity contribution < 1.29 is 9.59 Å². The van der Waals surface area contributed by atoms with Gasteiger partial charge in [0, 0.05) is 49.2 Å². The molecule has 28 heavy (non-hydrogen) atoms. The first-order chi connectivity index (χ1) is 13.6. The van der Waals surface area contributed by atoms with Crippen molar-refractivity contribution in [1.82, 2.24) is 14.8 Å². The summed E-state index contributed by atoms with van der Waals surface area (Å²) in [5.74, 6) is 0.149. The van der Waals surface area contributed by atoms with Crippen LogP contribution in [0.3, 0.4) is 0 Å². The Morgan fingerprint density at radius 3 is 2.39 bits per heavy atom. The van der Waals surface area contributed by atoms with Gasteiger partial charge in [0.1, 0.15) is 0 Å². The van der Waals surface area contributed by atoms with E-state index in [1.165, 1.54) is 0 Å². The molecule has 2 N–H and O–H groups in total. The van der Waals surface area contributed by atoms with Gasteiger partial charge in [-0.3, -0.25) is 14.6 Å². The minimum atomic E-state index is -0.0634. The number of nitrogens with two attached hydrogens (primary N) is 1. The fourth-order valence-corrected chi connectivity index (χ4v) is 4.13. The van der Waals surface area contributed by atoms with E-state index in [4.69, 9.17) is 5.73 Å². The summed E-state index contributed by atoms with van der Waals surface area (Å²) in [5.41, 5.74) is 8.83. The molecule has 2 aromatic rings. The number of piperidine rings is 1. The monoisotopic (exact) mass is 378 g/mol. The number of nitrogens with zero attached hydrogens (tertiary/aromatic N) is 3. The lowest BCUT2D eigenvalue weighted by atomic mass is 9.95. The van der Waals surface area contributed by atoms with Crippen molar-refractivity contribution in [2.75, 3.05) is 31.9 Å². The van der Waals surface area contributed by atoms with Gasteiger partial charge >= 0.3 is 0 Å². The SMILES string of the molecule is Nc1ccnc(-c2ccc(C(=O)N3CCC[C@@H](C(=O)N4CCCC4)C3)cc2)c1. The van der Waals surface area contributed by atoms with E-state index in [1.807, 2.05) is 40.1 Å². The lowest BCUT2D eigenvalue weighted by molar-refractivity contribution is -0.135. The minimum absolute atomic E-state index is 0.00833. The van der Waals surface area contributed by atoms with E-state index in [9.17, 15) is 9.59 Å². The number of likely N-dealkylation sites (tertiary alicyclic amines) is 2. The number of hydrogen-bond acceptors (Lipinski definition) is 4. The molecule has 0 radical (unpaired) electrons. The van der Waals surface area contributed by atoms with Crippen LogP contribution in [0, 0.1) is 5.92 Å². The predicted octanol–water partition coefficient (Wildman–Crippen LogP) is 2.81. The van der Waals surface area contributed by atoms with Gasteiger partial charge in [-0.05, 0) is 49.9 Å². The molecule has 1 aromatic carbocycles. The van der Waals surface area contributed by atoms with Gasteiger partial charge in [-0.1, -0.05) is 12.1 Å². The molecule has 4 rings (SSSR count). The second kappa shape index (κ2) is 8.00. The van der Waals surface area contributed by atoms with Gasteiger partial charge in [0.15, 0.2) is 0 Å². The predicted molar refractivity (Wildman–Crippen MR) is 109 cm³/mol. The van der Waals surface area contributed by atoms with Crippen LogP contribution >= 0.6 is 0 Å². The van der Waals surface area contributed by atoms with Gasteiger partial charge < -0.3 is 15.5 Å². The first-order valence-electron chi connectivity index (χ1n) is 10.0. The molecule has 1 aromatic heterocycles. The zero-order valence-corrected chi connectivity index (χ0v) is 16.0. The van der Waals surface area contributed by atoms with Crippen LogP contribution in [0.1, 0.15) is 36.0 Å². The second-order valence-electron chi connectivity index (χ2n) is 7.67. The van der Waals surface area contributed by atoms with Crippen LogP contribution in [0.5, 0.6) is 0 Å². The van der Waals surface area contributed by atoms with E-state index in [0.717, 1.165) is 50.0 Å². The number of anilines is 1. The van der Waals surface area contributed by atoms with Gasteiger partial charge in [-0.2, -0.15) is 0 Å². The number of rotatable bonds is 3. The Morgan fingerprint density at radius 1 is 0.964 bits per heavy atom. The molecule has 6 nitrogen and oxygen atoms in total. The standard InChI is InChI=1S/C22H26N4O2/c23-19-9-10-24-20(14-19)16-5-7-17(8-6-16)21(27)26-13-3-4-18(15-26)22(28)25-11-1-2-12-25/h5-10,14,18H,1-4,11-13,15H2,(H2,23,24)/t18-/m1/s1. The third-order valence-corrected chi connectivity index (χ3v) is 5.69. The van der Waals surface area contributed by atoms with E-state index >= 15 is 0 Å². The highest BCUT2D eigenvalue weighted by Gasteiger charge is 2.32. The Labute approximate surface area is 165 Å². The molecule has 0 spiro atoms. The molecule has 2 saturated heterocycles. The summed E-state index contributed by atoms with van der Waals surface area (Å²) in [5, 5.41) is 0.